The van der Waals surface area contributed by atoms with Crippen LogP contribution >= 0.6 is 0 Å². The fourth-order valence-corrected chi connectivity index (χ4v) is 6.90. The van der Waals surface area contributed by atoms with E-state index in [9.17, 15) is 0 Å². The van der Waals surface area contributed by atoms with E-state index in [2.05, 4.69) is 136 Å². The molecule has 0 aliphatic carbocycles. The Morgan fingerprint density at radius 3 is 1.56 bits per heavy atom. The number of benzene rings is 6. The summed E-state index contributed by atoms with van der Waals surface area (Å²) in [4.78, 5) is 20.9. The summed E-state index contributed by atoms with van der Waals surface area (Å²) in [5.41, 5.74) is 10.1. The fraction of sp³-hybridized carbons (Fsp3) is 0. The van der Waals surface area contributed by atoms with E-state index in [0.717, 1.165) is 94.1 Å². The summed E-state index contributed by atoms with van der Waals surface area (Å²) in [5, 5.41) is 6.59. The van der Waals surface area contributed by atoms with Gasteiger partial charge in [-0.15, -0.1) is 0 Å². The molecule has 10 aromatic rings. The Hall–Kier alpha value is -6.92. The Morgan fingerprint density at radius 1 is 0.400 bits per heavy atom. The second kappa shape index (κ2) is 11.4. The molecule has 50 heavy (non-hydrogen) atoms. The molecule has 0 aliphatic heterocycles. The van der Waals surface area contributed by atoms with Crippen LogP contribution in [0.15, 0.2) is 169 Å². The first-order valence-corrected chi connectivity index (χ1v) is 16.5. The molecular weight excluding hydrogens is 615 g/mol. The largest absolute Gasteiger partial charge is 0.456 e. The number of hydrogen-bond acceptors (Lipinski definition) is 6. The molecule has 4 heterocycles. The van der Waals surface area contributed by atoms with Gasteiger partial charge in [-0.25, -0.2) is 0 Å². The minimum atomic E-state index is 0.783. The molecule has 234 valence electrons. The van der Waals surface area contributed by atoms with Crippen LogP contribution in [0.5, 0.6) is 0 Å². The second-order valence-electron chi connectivity index (χ2n) is 12.4. The Kier molecular flexibility index (Phi) is 6.39. The van der Waals surface area contributed by atoms with Crippen molar-refractivity contribution in [3.05, 3.63) is 164 Å². The number of nitrogens with zero attached hydrogens (tertiary/aromatic N) is 5. The fourth-order valence-electron chi connectivity index (χ4n) is 6.90. The Morgan fingerprint density at radius 2 is 0.940 bits per heavy atom. The maximum absolute atomic E-state index is 6.48. The van der Waals surface area contributed by atoms with Crippen molar-refractivity contribution in [2.75, 3.05) is 4.90 Å². The van der Waals surface area contributed by atoms with E-state index in [4.69, 9.17) is 14.4 Å². The minimum Gasteiger partial charge on any atom is -0.456 e. The molecule has 0 aliphatic rings. The first-order chi connectivity index (χ1) is 24.7. The highest BCUT2D eigenvalue weighted by Gasteiger charge is 2.18. The molecule has 0 fully saturated rings. The van der Waals surface area contributed by atoms with Crippen LogP contribution in [0.25, 0.3) is 77.0 Å². The molecule has 0 N–H and O–H groups in total. The van der Waals surface area contributed by atoms with Crippen molar-refractivity contribution in [3.8, 4) is 22.5 Å². The van der Waals surface area contributed by atoms with Crippen LogP contribution in [0.3, 0.4) is 0 Å². The van der Waals surface area contributed by atoms with Crippen molar-refractivity contribution in [1.82, 2.24) is 19.9 Å². The lowest BCUT2D eigenvalue weighted by molar-refractivity contribution is 0.669. The highest BCUT2D eigenvalue weighted by Crippen LogP contribution is 2.41. The molecule has 4 aromatic heterocycles. The Labute approximate surface area is 287 Å². The number of rotatable bonds is 5. The van der Waals surface area contributed by atoms with Gasteiger partial charge in [0.05, 0.1) is 22.4 Å². The van der Waals surface area contributed by atoms with E-state index >= 15 is 0 Å². The number of furan rings is 1. The molecule has 0 atom stereocenters. The molecule has 6 nitrogen and oxygen atoms in total. The van der Waals surface area contributed by atoms with Gasteiger partial charge in [-0.2, -0.15) is 0 Å². The van der Waals surface area contributed by atoms with E-state index in [1.165, 1.54) is 0 Å². The van der Waals surface area contributed by atoms with Crippen LogP contribution in [0.2, 0.25) is 0 Å². The standard InChI is InChI=1S/C44H27N5O/c1-3-9-32-26-47-39(21-28(32)7-1)30-11-5-13-34(19-30)49(35-14-6-12-31(20-35)40-22-29-8-2-4-10-33(29)27-48-40)36-15-16-37-38-24-41-42(46-18-17-45-41)25-44(38)50-43(37)23-36/h1-27H. The number of fused-ring (bicyclic) bond motifs is 6. The molecule has 6 aromatic carbocycles. The lowest BCUT2D eigenvalue weighted by Crippen LogP contribution is -2.10. The zero-order valence-electron chi connectivity index (χ0n) is 26.7. The summed E-state index contributed by atoms with van der Waals surface area (Å²) in [6, 6.07) is 48.4. The molecule has 6 heteroatoms. The maximum atomic E-state index is 6.48. The SMILES string of the molecule is c1cc(-c2cc3ccccc3cn2)cc(N(c2cccc(-c3cc4ccccc4cn3)c2)c2ccc3c(c2)oc2cc4nccnc4cc23)c1. The van der Waals surface area contributed by atoms with Crippen molar-refractivity contribution in [2.45, 2.75) is 0 Å². The third-order valence-electron chi connectivity index (χ3n) is 9.37. The third-order valence-corrected chi connectivity index (χ3v) is 9.37. The number of aromatic nitrogens is 4. The molecule has 0 saturated heterocycles. The summed E-state index contributed by atoms with van der Waals surface area (Å²) < 4.78 is 6.48. The summed E-state index contributed by atoms with van der Waals surface area (Å²) in [5.74, 6) is 0. The summed E-state index contributed by atoms with van der Waals surface area (Å²) in [7, 11) is 0. The normalized spacial score (nSPS) is 11.6. The van der Waals surface area contributed by atoms with Crippen LogP contribution in [0.4, 0.5) is 17.1 Å². The molecule has 10 rings (SSSR count). The van der Waals surface area contributed by atoms with Gasteiger partial charge in [-0.05, 0) is 65.4 Å². The molecule has 0 spiro atoms. The molecule has 0 unspecified atom stereocenters. The van der Waals surface area contributed by atoms with E-state index < -0.39 is 0 Å². The molecule has 0 bridgehead atoms. The first-order valence-electron chi connectivity index (χ1n) is 16.5. The Balaban J connectivity index is 1.14. The van der Waals surface area contributed by atoms with Crippen LogP contribution < -0.4 is 4.90 Å². The van der Waals surface area contributed by atoms with Crippen molar-refractivity contribution < 1.29 is 4.42 Å². The van der Waals surface area contributed by atoms with Crippen molar-refractivity contribution in [1.29, 1.82) is 0 Å². The average Bonchev–Trinajstić information content (AvgIpc) is 3.53. The second-order valence-corrected chi connectivity index (χ2v) is 12.4. The monoisotopic (exact) mass is 641 g/mol. The van der Waals surface area contributed by atoms with Gasteiger partial charge < -0.3 is 9.32 Å². The maximum Gasteiger partial charge on any atom is 0.137 e. The van der Waals surface area contributed by atoms with Crippen LogP contribution in [-0.2, 0) is 0 Å². The highest BCUT2D eigenvalue weighted by molar-refractivity contribution is 6.09. The highest BCUT2D eigenvalue weighted by atomic mass is 16.3. The number of pyridine rings is 2. The van der Waals surface area contributed by atoms with Crippen LogP contribution in [0.1, 0.15) is 0 Å². The Bertz CT molecular complexity index is 2790. The van der Waals surface area contributed by atoms with Gasteiger partial charge >= 0.3 is 0 Å². The van der Waals surface area contributed by atoms with Gasteiger partial charge in [-0.3, -0.25) is 19.9 Å². The van der Waals surface area contributed by atoms with Gasteiger partial charge in [0.25, 0.3) is 0 Å². The van der Waals surface area contributed by atoms with Crippen molar-refractivity contribution in [2.24, 2.45) is 0 Å². The minimum absolute atomic E-state index is 0.783. The first kappa shape index (κ1) is 28.1. The number of hydrogen-bond donors (Lipinski definition) is 0. The predicted molar refractivity (Wildman–Crippen MR) is 203 cm³/mol. The zero-order valence-corrected chi connectivity index (χ0v) is 26.7. The van der Waals surface area contributed by atoms with Crippen molar-refractivity contribution in [3.63, 3.8) is 0 Å². The predicted octanol–water partition coefficient (Wildman–Crippen LogP) is 11.4. The molecular formula is C44H27N5O. The topological polar surface area (TPSA) is 67.9 Å². The van der Waals surface area contributed by atoms with E-state index in [1.54, 1.807) is 12.4 Å². The average molecular weight is 642 g/mol. The smallest absolute Gasteiger partial charge is 0.137 e. The van der Waals surface area contributed by atoms with Crippen LogP contribution in [-0.4, -0.2) is 19.9 Å². The summed E-state index contributed by atoms with van der Waals surface area (Å²) in [6.07, 6.45) is 7.31. The number of anilines is 3. The lowest BCUT2D eigenvalue weighted by atomic mass is 10.0. The van der Waals surface area contributed by atoms with Gasteiger partial charge in [0.15, 0.2) is 0 Å². The van der Waals surface area contributed by atoms with Gasteiger partial charge in [-0.1, -0.05) is 72.8 Å². The van der Waals surface area contributed by atoms with E-state index in [1.807, 2.05) is 30.6 Å². The third kappa shape index (κ3) is 4.81. The quantitative estimate of drug-likeness (QED) is 0.186. The van der Waals surface area contributed by atoms with E-state index in [0.29, 0.717) is 0 Å². The molecule has 0 radical (unpaired) electrons. The van der Waals surface area contributed by atoms with Gasteiger partial charge in [0, 0.05) is 86.7 Å². The molecule has 0 saturated carbocycles. The lowest BCUT2D eigenvalue weighted by Gasteiger charge is -2.26. The molecule has 0 amide bonds. The van der Waals surface area contributed by atoms with Gasteiger partial charge in [0.1, 0.15) is 11.2 Å². The zero-order chi connectivity index (χ0) is 33.0. The van der Waals surface area contributed by atoms with E-state index in [-0.39, 0.29) is 0 Å². The van der Waals surface area contributed by atoms with Gasteiger partial charge in [0.2, 0.25) is 0 Å². The van der Waals surface area contributed by atoms with Crippen LogP contribution in [0, 0.1) is 0 Å². The van der Waals surface area contributed by atoms with Crippen molar-refractivity contribution >= 4 is 71.6 Å². The summed E-state index contributed by atoms with van der Waals surface area (Å²) >= 11 is 0. The summed E-state index contributed by atoms with van der Waals surface area (Å²) in [6.45, 7) is 0.